The normalized spacial score (nSPS) is 11.2. The highest BCUT2D eigenvalue weighted by molar-refractivity contribution is 7.79. The van der Waals surface area contributed by atoms with E-state index in [0.717, 1.165) is 18.2 Å². The molecule has 6 heteroatoms. The van der Waals surface area contributed by atoms with Gasteiger partial charge in [0.1, 0.15) is 0 Å². The van der Waals surface area contributed by atoms with Crippen LogP contribution in [0.25, 0.3) is 0 Å². The van der Waals surface area contributed by atoms with Gasteiger partial charge in [-0.25, -0.2) is 4.99 Å². The minimum atomic E-state index is 0.677. The summed E-state index contributed by atoms with van der Waals surface area (Å²) in [5.74, 6) is 0. The van der Waals surface area contributed by atoms with E-state index in [1.165, 1.54) is 36.0 Å². The summed E-state index contributed by atoms with van der Waals surface area (Å²) < 4.78 is 0.677. The molecule has 0 aliphatic rings. The smallest absolute Gasteiger partial charge is 0.222 e. The van der Waals surface area contributed by atoms with Crippen molar-refractivity contribution in [3.8, 4) is 0 Å². The molecule has 0 aliphatic carbocycles. The van der Waals surface area contributed by atoms with Crippen molar-refractivity contribution in [3.63, 3.8) is 0 Å². The minimum absolute atomic E-state index is 0.677. The number of aromatic nitrogens is 1. The highest BCUT2D eigenvalue weighted by Crippen LogP contribution is 2.21. The Labute approximate surface area is 116 Å². The van der Waals surface area contributed by atoms with E-state index in [1.54, 1.807) is 10.3 Å². The second-order valence-electron chi connectivity index (χ2n) is 3.81. The van der Waals surface area contributed by atoms with Gasteiger partial charge in [-0.3, -0.25) is 0 Å². The molecule has 0 bridgehead atoms. The lowest BCUT2D eigenvalue weighted by Crippen LogP contribution is -2.24. The van der Waals surface area contributed by atoms with E-state index in [9.17, 15) is 0 Å². The van der Waals surface area contributed by atoms with Crippen LogP contribution in [0.5, 0.6) is 0 Å². The molecule has 0 unspecified atom stereocenters. The summed E-state index contributed by atoms with van der Waals surface area (Å²) in [6.07, 6.45) is 6.77. The summed E-state index contributed by atoms with van der Waals surface area (Å²) in [6.45, 7) is 6.58. The van der Waals surface area contributed by atoms with Crippen molar-refractivity contribution in [1.29, 1.82) is 0 Å². The van der Waals surface area contributed by atoms with Crippen molar-refractivity contribution in [2.45, 2.75) is 39.5 Å². The molecular weight excluding hydrogens is 270 g/mol. The van der Waals surface area contributed by atoms with Gasteiger partial charge in [0.2, 0.25) is 5.13 Å². The highest BCUT2D eigenvalue weighted by atomic mass is 32.9. The maximum atomic E-state index is 4.98. The van der Waals surface area contributed by atoms with Crippen molar-refractivity contribution in [2.75, 3.05) is 13.1 Å². The summed E-state index contributed by atoms with van der Waals surface area (Å²) in [6, 6.07) is 0. The van der Waals surface area contributed by atoms with Crippen LogP contribution in [0.3, 0.4) is 0 Å². The van der Waals surface area contributed by atoms with Crippen LogP contribution in [-0.4, -0.2) is 29.3 Å². The average Bonchev–Trinajstić information content (AvgIpc) is 2.74. The Morgan fingerprint density at radius 1 is 1.24 bits per heavy atom. The summed E-state index contributed by atoms with van der Waals surface area (Å²) in [7, 11) is 3.05. The molecule has 0 fully saturated rings. The maximum absolute atomic E-state index is 4.98. The molecule has 0 atom stereocenters. The molecule has 0 saturated carbocycles. The van der Waals surface area contributed by atoms with Crippen molar-refractivity contribution in [2.24, 2.45) is 4.99 Å². The summed E-state index contributed by atoms with van der Waals surface area (Å²) in [5, 5.41) is 0.776. The van der Waals surface area contributed by atoms with Crippen molar-refractivity contribution in [3.05, 3.63) is 3.95 Å². The van der Waals surface area contributed by atoms with E-state index >= 15 is 0 Å². The molecule has 1 aromatic rings. The monoisotopic (exact) mass is 289 g/mol. The molecule has 3 nitrogen and oxygen atoms in total. The standard InChI is InChI=1S/C11H19N3S3/c1-3-5-7-14(8-6-4-2)9-12-10-13-11(15)17-16-10/h9H,3-8H2,1-2H3. The van der Waals surface area contributed by atoms with E-state index in [-0.39, 0.29) is 0 Å². The van der Waals surface area contributed by atoms with Gasteiger partial charge in [-0.15, -0.1) is 0 Å². The molecule has 0 radical (unpaired) electrons. The van der Waals surface area contributed by atoms with E-state index in [2.05, 4.69) is 28.7 Å². The van der Waals surface area contributed by atoms with Gasteiger partial charge < -0.3 is 4.90 Å². The number of nitrogens with zero attached hydrogens (tertiary/aromatic N) is 3. The van der Waals surface area contributed by atoms with Gasteiger partial charge in [0.05, 0.1) is 6.34 Å². The van der Waals surface area contributed by atoms with Crippen molar-refractivity contribution in [1.82, 2.24) is 9.88 Å². The molecule has 0 spiro atoms. The fourth-order valence-corrected chi connectivity index (χ4v) is 3.11. The third-order valence-corrected chi connectivity index (χ3v) is 4.80. The van der Waals surface area contributed by atoms with Gasteiger partial charge >= 0.3 is 0 Å². The van der Waals surface area contributed by atoms with Gasteiger partial charge in [-0.05, 0) is 45.7 Å². The van der Waals surface area contributed by atoms with Crippen molar-refractivity contribution >= 4 is 44.4 Å². The first kappa shape index (κ1) is 14.7. The van der Waals surface area contributed by atoms with Crippen LogP contribution >= 0.6 is 32.9 Å². The predicted molar refractivity (Wildman–Crippen MR) is 80.4 cm³/mol. The number of unbranched alkanes of at least 4 members (excludes halogenated alkanes) is 2. The number of hydrogen-bond acceptors (Lipinski definition) is 5. The van der Waals surface area contributed by atoms with Crippen molar-refractivity contribution < 1.29 is 0 Å². The second-order valence-corrected chi connectivity index (χ2v) is 6.54. The van der Waals surface area contributed by atoms with Gasteiger partial charge in [0.15, 0.2) is 3.95 Å². The van der Waals surface area contributed by atoms with Gasteiger partial charge in [0.25, 0.3) is 0 Å². The predicted octanol–water partition coefficient (Wildman–Crippen LogP) is 4.50. The molecule has 0 saturated heterocycles. The van der Waals surface area contributed by atoms with Crippen LogP contribution in [0, 0.1) is 3.95 Å². The largest absolute Gasteiger partial charge is 0.363 e. The Morgan fingerprint density at radius 3 is 2.35 bits per heavy atom. The second kappa shape index (κ2) is 8.72. The van der Waals surface area contributed by atoms with Crippen LogP contribution in [-0.2, 0) is 0 Å². The third-order valence-electron chi connectivity index (χ3n) is 2.30. The number of aliphatic imine (C=N–C) groups is 1. The molecule has 0 aliphatic heterocycles. The maximum Gasteiger partial charge on any atom is 0.222 e. The molecule has 96 valence electrons. The van der Waals surface area contributed by atoms with Crippen LogP contribution in [0.1, 0.15) is 39.5 Å². The molecule has 0 amide bonds. The van der Waals surface area contributed by atoms with Crippen LogP contribution in [0.2, 0.25) is 0 Å². The summed E-state index contributed by atoms with van der Waals surface area (Å²) >= 11 is 4.98. The van der Waals surface area contributed by atoms with E-state index in [4.69, 9.17) is 12.2 Å². The highest BCUT2D eigenvalue weighted by Gasteiger charge is 1.99. The topological polar surface area (TPSA) is 28.5 Å². The van der Waals surface area contributed by atoms with Gasteiger partial charge in [-0.1, -0.05) is 26.7 Å². The minimum Gasteiger partial charge on any atom is -0.363 e. The number of rotatable bonds is 8. The molecular formula is C11H19N3S3. The lowest BCUT2D eigenvalue weighted by atomic mass is 10.3. The van der Waals surface area contributed by atoms with Crippen LogP contribution in [0.15, 0.2) is 4.99 Å². The molecule has 0 aromatic carbocycles. The first-order valence-electron chi connectivity index (χ1n) is 6.01. The average molecular weight is 289 g/mol. The lowest BCUT2D eigenvalue weighted by Gasteiger charge is -2.18. The Hall–Kier alpha value is -0.330. The zero-order chi connectivity index (χ0) is 12.5. The Balaban J connectivity index is 2.51. The Bertz CT molecular complexity index is 375. The Kier molecular flexibility index (Phi) is 7.55. The zero-order valence-electron chi connectivity index (χ0n) is 10.4. The molecule has 1 aromatic heterocycles. The van der Waals surface area contributed by atoms with Crippen LogP contribution < -0.4 is 0 Å². The molecule has 1 heterocycles. The molecule has 1 rings (SSSR count). The van der Waals surface area contributed by atoms with Gasteiger partial charge in [0, 0.05) is 13.1 Å². The Morgan fingerprint density at radius 2 is 1.88 bits per heavy atom. The fourth-order valence-electron chi connectivity index (χ4n) is 1.32. The van der Waals surface area contributed by atoms with E-state index in [0.29, 0.717) is 3.95 Å². The first-order valence-corrected chi connectivity index (χ1v) is 8.57. The molecule has 0 N–H and O–H groups in total. The lowest BCUT2D eigenvalue weighted by molar-refractivity contribution is 0.409. The van der Waals surface area contributed by atoms with Crippen LogP contribution in [0.4, 0.5) is 5.13 Å². The fraction of sp³-hybridized carbons (Fsp3) is 0.727. The SMILES string of the molecule is CCCCN(C=Nc1nc(=S)ss1)CCCC. The third kappa shape index (κ3) is 6.24. The van der Waals surface area contributed by atoms with E-state index in [1.807, 2.05) is 6.34 Å². The first-order chi connectivity index (χ1) is 8.26. The summed E-state index contributed by atoms with van der Waals surface area (Å²) in [4.78, 5) is 10.8. The zero-order valence-corrected chi connectivity index (χ0v) is 12.8. The quantitative estimate of drug-likeness (QED) is 0.305. The van der Waals surface area contributed by atoms with Gasteiger partial charge in [-0.2, -0.15) is 4.98 Å². The van der Waals surface area contributed by atoms with E-state index < -0.39 is 0 Å². The molecule has 17 heavy (non-hydrogen) atoms. The number of hydrogen-bond donors (Lipinski definition) is 0. The summed E-state index contributed by atoms with van der Waals surface area (Å²) in [5.41, 5.74) is 0.